The summed E-state index contributed by atoms with van der Waals surface area (Å²) in [7, 11) is -6.27. The fourth-order valence-electron chi connectivity index (χ4n) is 5.39. The minimum Gasteiger partial charge on any atom is -0.494 e. The van der Waals surface area contributed by atoms with E-state index >= 15 is 0 Å². The third kappa shape index (κ3) is 8.31. The van der Waals surface area contributed by atoms with Gasteiger partial charge < -0.3 is 20.9 Å². The molecule has 0 atom stereocenters. The predicted octanol–water partition coefficient (Wildman–Crippen LogP) is 7.40. The zero-order valence-electron chi connectivity index (χ0n) is 28.3. The Balaban J connectivity index is 0.00000302. The third-order valence-corrected chi connectivity index (χ3v) is 9.62. The van der Waals surface area contributed by atoms with E-state index in [9.17, 15) is 25.9 Å². The molecule has 0 amide bonds. The fraction of sp³-hybridized carbons (Fsp3) is 0.0588. The van der Waals surface area contributed by atoms with Crippen molar-refractivity contribution in [2.24, 2.45) is 20.5 Å². The molecule has 0 saturated heterocycles. The van der Waals surface area contributed by atoms with Gasteiger partial charge in [0.2, 0.25) is 0 Å². The SMILES string of the molecule is COc1cc(-c2ccc(N=Nc3cc(S(=O)(=O)O)c4ccccc4c3N)c(OC)c2)ccc1N=Nc1cc(S(=O)(=O)O)c2ccccc2c1N.[Na].[Na]. The summed E-state index contributed by atoms with van der Waals surface area (Å²) in [5.41, 5.74) is 15.0. The number of rotatable bonds is 9. The summed E-state index contributed by atoms with van der Waals surface area (Å²) in [6, 6.07) is 25.5. The molecule has 2 radical (unpaired) electrons. The van der Waals surface area contributed by atoms with Crippen LogP contribution in [0.15, 0.2) is 127 Å². The normalized spacial score (nSPS) is 11.8. The second-order valence-electron chi connectivity index (χ2n) is 10.8. The largest absolute Gasteiger partial charge is 0.494 e. The van der Waals surface area contributed by atoms with E-state index in [2.05, 4.69) is 20.5 Å². The number of nitrogen functional groups attached to an aromatic ring is 2. The molecule has 0 bridgehead atoms. The second-order valence-corrected chi connectivity index (χ2v) is 13.6. The molecule has 0 unspecified atom stereocenters. The first-order valence-corrected chi connectivity index (χ1v) is 17.5. The van der Waals surface area contributed by atoms with Crippen LogP contribution in [0.2, 0.25) is 0 Å². The molecule has 0 fully saturated rings. The number of fused-ring (bicyclic) bond motifs is 2. The van der Waals surface area contributed by atoms with Crippen molar-refractivity contribution in [2.75, 3.05) is 25.7 Å². The van der Waals surface area contributed by atoms with Crippen molar-refractivity contribution in [3.8, 4) is 22.6 Å². The van der Waals surface area contributed by atoms with Gasteiger partial charge in [-0.25, -0.2) is 0 Å². The van der Waals surface area contributed by atoms with Crippen LogP contribution in [-0.4, -0.2) is 99.3 Å². The summed E-state index contributed by atoms with van der Waals surface area (Å²) < 4.78 is 79.1. The molecule has 256 valence electrons. The van der Waals surface area contributed by atoms with Crippen LogP contribution in [0.3, 0.4) is 0 Å². The average Bonchev–Trinajstić information content (AvgIpc) is 3.10. The maximum Gasteiger partial charge on any atom is 0.295 e. The van der Waals surface area contributed by atoms with Gasteiger partial charge in [0, 0.05) is 80.7 Å². The molecular formula is C34H28N6Na2O8S2. The quantitative estimate of drug-likeness (QED) is 0.0494. The Morgan fingerprint density at radius 1 is 0.500 bits per heavy atom. The van der Waals surface area contributed by atoms with Gasteiger partial charge in [0.15, 0.2) is 0 Å². The Morgan fingerprint density at radius 3 is 1.15 bits per heavy atom. The number of hydrogen-bond acceptors (Lipinski definition) is 12. The summed E-state index contributed by atoms with van der Waals surface area (Å²) in [5, 5.41) is 18.1. The van der Waals surface area contributed by atoms with Crippen molar-refractivity contribution in [1.29, 1.82) is 0 Å². The number of anilines is 2. The van der Waals surface area contributed by atoms with E-state index in [1.807, 2.05) is 0 Å². The van der Waals surface area contributed by atoms with Gasteiger partial charge in [0.05, 0.1) is 25.6 Å². The second kappa shape index (κ2) is 16.4. The number of nitrogens with two attached hydrogens (primary N) is 2. The molecule has 0 aliphatic rings. The van der Waals surface area contributed by atoms with Crippen molar-refractivity contribution in [3.05, 3.63) is 97.1 Å². The Labute approximate surface area is 343 Å². The van der Waals surface area contributed by atoms with Gasteiger partial charge in [0.25, 0.3) is 20.2 Å². The molecule has 14 nitrogen and oxygen atoms in total. The molecule has 0 aromatic heterocycles. The standard InChI is InChI=1S/C34H28N6O8S2.2Na/c1-47-29-15-19(11-13-25(29)37-39-27-17-31(49(41,42)43)21-7-3-5-9-23(21)33(27)35)20-12-14-26(30(16-20)48-2)38-40-28-18-32(50(44,45)46)22-8-4-6-10-24(22)34(28)36;;/h3-18H,35-36H2,1-2H3,(H,41,42,43)(H,44,45,46);;. The predicted molar refractivity (Wildman–Crippen MR) is 201 cm³/mol. The van der Waals surface area contributed by atoms with Gasteiger partial charge in [-0.3, -0.25) is 9.11 Å². The summed E-state index contributed by atoms with van der Waals surface area (Å²) >= 11 is 0. The molecule has 0 aliphatic carbocycles. The topological polar surface area (TPSA) is 229 Å². The van der Waals surface area contributed by atoms with E-state index < -0.39 is 20.2 Å². The summed E-state index contributed by atoms with van der Waals surface area (Å²) in [5.74, 6) is 0.675. The van der Waals surface area contributed by atoms with Crippen LogP contribution in [0, 0.1) is 0 Å². The summed E-state index contributed by atoms with van der Waals surface area (Å²) in [6.45, 7) is 0. The molecule has 6 rings (SSSR count). The number of methoxy groups -OCH3 is 2. The molecule has 6 aromatic carbocycles. The minimum atomic E-state index is -4.59. The van der Waals surface area contributed by atoms with Gasteiger partial charge in [0.1, 0.15) is 44.0 Å². The Kier molecular flexibility index (Phi) is 12.9. The van der Waals surface area contributed by atoms with Gasteiger partial charge in [-0.1, -0.05) is 60.7 Å². The Bertz CT molecular complexity index is 2440. The zero-order valence-corrected chi connectivity index (χ0v) is 34.0. The minimum absolute atomic E-state index is 0. The number of azo groups is 2. The molecule has 0 aliphatic heterocycles. The number of benzene rings is 6. The van der Waals surface area contributed by atoms with E-state index in [4.69, 9.17) is 20.9 Å². The molecule has 0 spiro atoms. The zero-order chi connectivity index (χ0) is 35.8. The van der Waals surface area contributed by atoms with Gasteiger partial charge in [-0.2, -0.15) is 16.8 Å². The first-order chi connectivity index (χ1) is 23.8. The number of nitrogens with zero attached hydrogens (tertiary/aromatic N) is 4. The van der Waals surface area contributed by atoms with Crippen molar-refractivity contribution < 1.29 is 35.4 Å². The number of hydrogen-bond donors (Lipinski definition) is 4. The molecule has 0 saturated carbocycles. The fourth-order valence-corrected chi connectivity index (χ4v) is 6.82. The van der Waals surface area contributed by atoms with Crippen LogP contribution in [0.5, 0.6) is 11.5 Å². The molecule has 6 aromatic rings. The summed E-state index contributed by atoms with van der Waals surface area (Å²) in [4.78, 5) is -0.696. The van der Waals surface area contributed by atoms with Crippen molar-refractivity contribution >= 4 is 135 Å². The van der Waals surface area contributed by atoms with Crippen molar-refractivity contribution in [1.82, 2.24) is 0 Å². The Hall–Kier alpha value is -3.94. The molecule has 6 N–H and O–H groups in total. The number of ether oxygens (including phenoxy) is 2. The monoisotopic (exact) mass is 758 g/mol. The first-order valence-electron chi connectivity index (χ1n) is 14.6. The van der Waals surface area contributed by atoms with Crippen molar-refractivity contribution in [2.45, 2.75) is 9.79 Å². The van der Waals surface area contributed by atoms with Gasteiger partial charge in [-0.05, 0) is 47.5 Å². The van der Waals surface area contributed by atoms with Crippen LogP contribution in [0.4, 0.5) is 34.1 Å². The van der Waals surface area contributed by atoms with Crippen LogP contribution >= 0.6 is 0 Å². The van der Waals surface area contributed by atoms with Crippen LogP contribution in [0.1, 0.15) is 0 Å². The third-order valence-electron chi connectivity index (χ3n) is 7.83. The average molecular weight is 759 g/mol. The Morgan fingerprint density at radius 2 is 0.827 bits per heavy atom. The molecule has 0 heterocycles. The summed E-state index contributed by atoms with van der Waals surface area (Å²) in [6.07, 6.45) is 0. The van der Waals surface area contributed by atoms with E-state index in [1.165, 1.54) is 26.4 Å². The van der Waals surface area contributed by atoms with E-state index in [-0.39, 0.29) is 102 Å². The van der Waals surface area contributed by atoms with Crippen LogP contribution in [0.25, 0.3) is 32.7 Å². The van der Waals surface area contributed by atoms with Gasteiger partial charge in [-0.15, -0.1) is 20.5 Å². The molecule has 52 heavy (non-hydrogen) atoms. The smallest absolute Gasteiger partial charge is 0.295 e. The maximum atomic E-state index is 12.1. The van der Waals surface area contributed by atoms with E-state index in [0.717, 1.165) is 12.1 Å². The molecular weight excluding hydrogens is 731 g/mol. The maximum absolute atomic E-state index is 12.1. The molecule has 18 heteroatoms. The van der Waals surface area contributed by atoms with E-state index in [0.29, 0.717) is 44.8 Å². The van der Waals surface area contributed by atoms with Crippen molar-refractivity contribution in [3.63, 3.8) is 0 Å². The van der Waals surface area contributed by atoms with Crippen LogP contribution < -0.4 is 20.9 Å². The van der Waals surface area contributed by atoms with Gasteiger partial charge >= 0.3 is 0 Å². The van der Waals surface area contributed by atoms with E-state index in [1.54, 1.807) is 72.8 Å². The van der Waals surface area contributed by atoms with Crippen LogP contribution in [-0.2, 0) is 20.2 Å². The first kappa shape index (κ1) is 40.8.